The smallest absolute Gasteiger partial charge is 0.152 e. The number of imidazole rings is 1. The Hall–Kier alpha value is -0.630. The monoisotopic (exact) mass is 491 g/mol. The molecule has 1 fully saturated rings. The van der Waals surface area contributed by atoms with Gasteiger partial charge in [0.05, 0.1) is 5.52 Å². The molecule has 0 saturated heterocycles. The number of rotatable bonds is 3. The van der Waals surface area contributed by atoms with E-state index in [0.29, 0.717) is 14.2 Å². The number of hydrogen-bond acceptors (Lipinski definition) is 3. The summed E-state index contributed by atoms with van der Waals surface area (Å²) in [6.45, 7) is 10.5. The first-order valence-corrected chi connectivity index (χ1v) is 12.6. The zero-order chi connectivity index (χ0) is 19.7. The standard InChI is InChI=1S/C13H15FN2S.C7H14IO/c1-8-15-12-10(14)6-9(17)7-11(12)16(8)13(2)4-3-5-13;1-7(2,3)5-6(9)8-4/h6-7,17H,3-5H2,1-2H3;5H2,1-4H3/q;-1. The van der Waals surface area contributed by atoms with E-state index in [9.17, 15) is 9.18 Å². The van der Waals surface area contributed by atoms with Crippen molar-refractivity contribution in [2.24, 2.45) is 5.41 Å². The topological polar surface area (TPSA) is 34.9 Å². The number of hydrogen-bond donors (Lipinski definition) is 1. The van der Waals surface area contributed by atoms with Crippen molar-refractivity contribution in [3.8, 4) is 0 Å². The Morgan fingerprint density at radius 1 is 1.38 bits per heavy atom. The predicted molar refractivity (Wildman–Crippen MR) is 104 cm³/mol. The van der Waals surface area contributed by atoms with E-state index >= 15 is 0 Å². The SMILES string of the molecule is C[I-]C(=O)CC(C)(C)C.Cc1nc2c(F)cc(S)cc2n1C1(C)CCC1. The first-order chi connectivity index (χ1) is 12.0. The van der Waals surface area contributed by atoms with E-state index in [4.69, 9.17) is 0 Å². The summed E-state index contributed by atoms with van der Waals surface area (Å²) < 4.78 is 16.5. The molecule has 0 aliphatic heterocycles. The van der Waals surface area contributed by atoms with Crippen LogP contribution in [0.15, 0.2) is 17.0 Å². The van der Waals surface area contributed by atoms with E-state index in [-0.39, 0.29) is 38.0 Å². The molecule has 1 heterocycles. The normalized spacial score (nSPS) is 16.2. The third kappa shape index (κ3) is 5.00. The van der Waals surface area contributed by atoms with Crippen LogP contribution in [0.5, 0.6) is 0 Å². The molecule has 3 rings (SSSR count). The molecule has 3 nitrogen and oxygen atoms in total. The van der Waals surface area contributed by atoms with Crippen LogP contribution < -0.4 is 21.2 Å². The number of aryl methyl sites for hydroxylation is 1. The van der Waals surface area contributed by atoms with Crippen LogP contribution in [0.25, 0.3) is 11.0 Å². The van der Waals surface area contributed by atoms with Gasteiger partial charge in [0, 0.05) is 10.4 Å². The van der Waals surface area contributed by atoms with Gasteiger partial charge in [-0.15, -0.1) is 12.6 Å². The summed E-state index contributed by atoms with van der Waals surface area (Å²) in [6, 6.07) is 3.33. The van der Waals surface area contributed by atoms with E-state index in [2.05, 4.69) is 49.9 Å². The van der Waals surface area contributed by atoms with E-state index in [1.165, 1.54) is 12.5 Å². The van der Waals surface area contributed by atoms with Crippen molar-refractivity contribution in [2.45, 2.75) is 70.7 Å². The van der Waals surface area contributed by atoms with Crippen LogP contribution in [0.1, 0.15) is 59.2 Å². The zero-order valence-corrected chi connectivity index (χ0v) is 19.5. The second-order valence-corrected chi connectivity index (χ2v) is 11.2. The molecule has 0 amide bonds. The third-order valence-electron chi connectivity index (χ3n) is 4.72. The van der Waals surface area contributed by atoms with Gasteiger partial charge in [0.15, 0.2) is 5.82 Å². The number of fused-ring (bicyclic) bond motifs is 1. The number of nitrogens with zero attached hydrogens (tertiary/aromatic N) is 2. The zero-order valence-electron chi connectivity index (χ0n) is 16.5. The summed E-state index contributed by atoms with van der Waals surface area (Å²) >= 11 is 4.09. The molecule has 0 bridgehead atoms. The Labute approximate surface area is 171 Å². The minimum absolute atomic E-state index is 0.104. The summed E-state index contributed by atoms with van der Waals surface area (Å²) in [5.41, 5.74) is 1.64. The molecule has 2 aromatic rings. The van der Waals surface area contributed by atoms with Gasteiger partial charge in [-0.25, -0.2) is 9.37 Å². The average Bonchev–Trinajstić information content (AvgIpc) is 2.80. The van der Waals surface area contributed by atoms with Crippen molar-refractivity contribution >= 4 is 27.5 Å². The number of benzene rings is 1. The number of thiol groups is 1. The number of alkyl halides is 1. The Kier molecular flexibility index (Phi) is 6.81. The van der Waals surface area contributed by atoms with Gasteiger partial charge in [-0.3, -0.25) is 0 Å². The van der Waals surface area contributed by atoms with Gasteiger partial charge in [-0.05, 0) is 45.2 Å². The molecule has 0 radical (unpaired) electrons. The molecule has 1 saturated carbocycles. The predicted octanol–water partition coefficient (Wildman–Crippen LogP) is 2.34. The van der Waals surface area contributed by atoms with Crippen LogP contribution in [0, 0.1) is 18.2 Å². The molecule has 0 atom stereocenters. The summed E-state index contributed by atoms with van der Waals surface area (Å²) in [4.78, 5) is 17.9. The molecule has 6 heteroatoms. The summed E-state index contributed by atoms with van der Waals surface area (Å²) in [7, 11) is 0. The minimum Gasteiger partial charge on any atom is -0.322 e. The molecule has 1 aromatic heterocycles. The van der Waals surface area contributed by atoms with E-state index in [1.807, 2.05) is 17.9 Å². The van der Waals surface area contributed by atoms with Crippen LogP contribution in [-0.4, -0.2) is 18.3 Å². The quantitative estimate of drug-likeness (QED) is 0.310. The fraction of sp³-hybridized carbons (Fsp3) is 0.600. The van der Waals surface area contributed by atoms with Crippen molar-refractivity contribution in [2.75, 3.05) is 4.93 Å². The Morgan fingerprint density at radius 2 is 2.00 bits per heavy atom. The first kappa shape index (κ1) is 21.7. The van der Waals surface area contributed by atoms with Crippen molar-refractivity contribution in [3.05, 3.63) is 23.8 Å². The molecule has 0 N–H and O–H groups in total. The maximum atomic E-state index is 13.8. The van der Waals surface area contributed by atoms with Gasteiger partial charge in [-0.1, -0.05) is 0 Å². The van der Waals surface area contributed by atoms with Crippen LogP contribution in [0.4, 0.5) is 4.39 Å². The van der Waals surface area contributed by atoms with E-state index in [1.54, 1.807) is 0 Å². The summed E-state index contributed by atoms with van der Waals surface area (Å²) in [5, 5.41) is 0. The molecule has 0 spiro atoms. The molecule has 0 unspecified atom stereocenters. The number of carbonyl (C=O) groups is 1. The Balaban J connectivity index is 0.000000232. The molecular formula is C20H29FIN2OS-. The number of aromatic nitrogens is 2. The van der Waals surface area contributed by atoms with Gasteiger partial charge in [0.25, 0.3) is 0 Å². The van der Waals surface area contributed by atoms with Crippen molar-refractivity contribution < 1.29 is 30.4 Å². The second-order valence-electron chi connectivity index (χ2n) is 8.42. The Bertz CT molecular complexity index is 806. The maximum Gasteiger partial charge on any atom is 0.152 e. The number of halogens is 2. The summed E-state index contributed by atoms with van der Waals surface area (Å²) in [6.07, 6.45) is 4.27. The maximum absolute atomic E-state index is 13.8. The minimum atomic E-state index is -0.280. The third-order valence-corrected chi connectivity index (χ3v) is 6.56. The van der Waals surface area contributed by atoms with Crippen LogP contribution >= 0.6 is 12.6 Å². The second kappa shape index (κ2) is 8.17. The van der Waals surface area contributed by atoms with E-state index in [0.717, 1.165) is 30.6 Å². The largest absolute Gasteiger partial charge is 0.322 e. The van der Waals surface area contributed by atoms with Crippen LogP contribution in [-0.2, 0) is 10.3 Å². The van der Waals surface area contributed by atoms with E-state index < -0.39 is 0 Å². The molecule has 1 aromatic carbocycles. The summed E-state index contributed by atoms with van der Waals surface area (Å²) in [5.74, 6) is 0.609. The molecule has 1 aliphatic carbocycles. The number of carbonyl (C=O) groups excluding carboxylic acids is 1. The fourth-order valence-corrected chi connectivity index (χ4v) is 5.08. The molecule has 1 aliphatic rings. The van der Waals surface area contributed by atoms with Gasteiger partial charge >= 0.3 is 67.3 Å². The van der Waals surface area contributed by atoms with Crippen molar-refractivity contribution in [1.82, 2.24) is 9.55 Å². The van der Waals surface area contributed by atoms with Crippen LogP contribution in [0.3, 0.4) is 0 Å². The van der Waals surface area contributed by atoms with Crippen LogP contribution in [0.2, 0.25) is 0 Å². The average molecular weight is 491 g/mol. The van der Waals surface area contributed by atoms with Gasteiger partial charge in [0.2, 0.25) is 0 Å². The Morgan fingerprint density at radius 3 is 2.42 bits per heavy atom. The van der Waals surface area contributed by atoms with Crippen molar-refractivity contribution in [3.63, 3.8) is 0 Å². The molecular weight excluding hydrogens is 462 g/mol. The van der Waals surface area contributed by atoms with Gasteiger partial charge in [-0.2, -0.15) is 0 Å². The van der Waals surface area contributed by atoms with Gasteiger partial charge < -0.3 is 4.57 Å². The van der Waals surface area contributed by atoms with Crippen molar-refractivity contribution in [1.29, 1.82) is 0 Å². The fourth-order valence-electron chi connectivity index (χ4n) is 3.32. The molecule has 26 heavy (non-hydrogen) atoms. The van der Waals surface area contributed by atoms with Gasteiger partial charge in [0.1, 0.15) is 11.3 Å². The molecule has 146 valence electrons. The first-order valence-electron chi connectivity index (χ1n) is 8.87.